The van der Waals surface area contributed by atoms with E-state index in [2.05, 4.69) is 19.9 Å². The summed E-state index contributed by atoms with van der Waals surface area (Å²) in [6.07, 6.45) is 6.23. The molecule has 1 heterocycles. The molecule has 4 aliphatic rings. The monoisotopic (exact) mass is 218 g/mol. The Morgan fingerprint density at radius 2 is 2.38 bits per heavy atom. The maximum atomic E-state index is 11.3. The Bertz CT molecular complexity index is 400. The topological polar surface area (TPSA) is 26.3 Å². The lowest BCUT2D eigenvalue weighted by Crippen LogP contribution is -2.42. The molecule has 4 rings (SSSR count). The molecule has 3 fully saturated rings. The van der Waals surface area contributed by atoms with Gasteiger partial charge in [0, 0.05) is 11.8 Å². The van der Waals surface area contributed by atoms with E-state index < -0.39 is 0 Å². The summed E-state index contributed by atoms with van der Waals surface area (Å²) < 4.78 is 6.23. The highest BCUT2D eigenvalue weighted by molar-refractivity contribution is 5.58. The van der Waals surface area contributed by atoms with Crippen molar-refractivity contribution in [3.8, 4) is 0 Å². The van der Waals surface area contributed by atoms with Gasteiger partial charge in [-0.05, 0) is 37.5 Å². The number of allylic oxidation sites excluding steroid dienone is 1. The summed E-state index contributed by atoms with van der Waals surface area (Å²) in [6, 6.07) is 0. The molecule has 1 aliphatic heterocycles. The predicted octanol–water partition coefficient (Wildman–Crippen LogP) is 2.19. The summed E-state index contributed by atoms with van der Waals surface area (Å²) in [6.45, 7) is 4.46. The maximum Gasteiger partial charge on any atom is 0.124 e. The number of ether oxygens (including phenoxy) is 1. The van der Waals surface area contributed by atoms with Crippen molar-refractivity contribution in [1.82, 2.24) is 0 Å². The molecule has 2 nitrogen and oxygen atoms in total. The lowest BCUT2D eigenvalue weighted by molar-refractivity contribution is -0.127. The summed E-state index contributed by atoms with van der Waals surface area (Å²) in [4.78, 5) is 11.3. The molecule has 0 amide bonds. The third-order valence-corrected chi connectivity index (χ3v) is 5.64. The first-order chi connectivity index (χ1) is 7.64. The molecule has 0 N–H and O–H groups in total. The highest BCUT2D eigenvalue weighted by Crippen LogP contribution is 2.67. The molecule has 1 saturated heterocycles. The smallest absolute Gasteiger partial charge is 0.124 e. The molecular formula is C14H18O2. The molecule has 0 aromatic carbocycles. The molecule has 2 heteroatoms. The SMILES string of the molecule is C[C@H]1C=C2C[C@]3(C)O[C@H]4C[C@@H]3C2[C@H]4[C@@H]1C=O. The van der Waals surface area contributed by atoms with Crippen molar-refractivity contribution in [3.05, 3.63) is 11.6 Å². The fourth-order valence-electron chi connectivity index (χ4n) is 5.12. The number of rotatable bonds is 1. The van der Waals surface area contributed by atoms with Gasteiger partial charge in [-0.15, -0.1) is 0 Å². The minimum absolute atomic E-state index is 0.106. The number of carbonyl (C=O) groups excluding carboxylic acids is 1. The minimum Gasteiger partial charge on any atom is -0.371 e. The van der Waals surface area contributed by atoms with Crippen molar-refractivity contribution in [2.45, 2.75) is 38.4 Å². The number of aldehydes is 1. The van der Waals surface area contributed by atoms with Gasteiger partial charge in [-0.3, -0.25) is 0 Å². The van der Waals surface area contributed by atoms with Crippen molar-refractivity contribution < 1.29 is 9.53 Å². The first-order valence-corrected chi connectivity index (χ1v) is 6.48. The Morgan fingerprint density at radius 3 is 3.12 bits per heavy atom. The zero-order valence-electron chi connectivity index (χ0n) is 9.85. The molecule has 16 heavy (non-hydrogen) atoms. The van der Waals surface area contributed by atoms with Crippen LogP contribution < -0.4 is 0 Å². The first-order valence-electron chi connectivity index (χ1n) is 6.48. The molecule has 2 bridgehead atoms. The normalized spacial score (nSPS) is 61.2. The Morgan fingerprint density at radius 1 is 1.56 bits per heavy atom. The van der Waals surface area contributed by atoms with Gasteiger partial charge in [0.05, 0.1) is 11.7 Å². The lowest BCUT2D eigenvalue weighted by atomic mass is 9.69. The van der Waals surface area contributed by atoms with Crippen molar-refractivity contribution in [2.75, 3.05) is 0 Å². The van der Waals surface area contributed by atoms with Gasteiger partial charge >= 0.3 is 0 Å². The van der Waals surface area contributed by atoms with Gasteiger partial charge in [0.2, 0.25) is 0 Å². The fraction of sp³-hybridized carbons (Fsp3) is 0.786. The van der Waals surface area contributed by atoms with Crippen LogP contribution in [0.25, 0.3) is 0 Å². The molecule has 86 valence electrons. The van der Waals surface area contributed by atoms with Crippen LogP contribution in [0.4, 0.5) is 0 Å². The van der Waals surface area contributed by atoms with Crippen molar-refractivity contribution in [2.24, 2.45) is 29.6 Å². The van der Waals surface area contributed by atoms with Crippen LogP contribution >= 0.6 is 0 Å². The van der Waals surface area contributed by atoms with Gasteiger partial charge in [-0.2, -0.15) is 0 Å². The average Bonchev–Trinajstić information content (AvgIpc) is 2.77. The number of fused-ring (bicyclic) bond motifs is 2. The van der Waals surface area contributed by atoms with E-state index in [9.17, 15) is 4.79 Å². The summed E-state index contributed by atoms with van der Waals surface area (Å²) in [5.74, 6) is 2.48. The minimum atomic E-state index is 0.106. The number of hydrogen-bond acceptors (Lipinski definition) is 2. The Labute approximate surface area is 96.0 Å². The summed E-state index contributed by atoms with van der Waals surface area (Å²) in [7, 11) is 0. The number of hydrogen-bond donors (Lipinski definition) is 0. The average molecular weight is 218 g/mol. The lowest BCUT2D eigenvalue weighted by Gasteiger charge is -2.40. The molecule has 0 aromatic heterocycles. The molecule has 0 radical (unpaired) electrons. The Kier molecular flexibility index (Phi) is 1.53. The summed E-state index contributed by atoms with van der Waals surface area (Å²) >= 11 is 0. The van der Waals surface area contributed by atoms with E-state index in [1.165, 1.54) is 12.7 Å². The zero-order valence-corrected chi connectivity index (χ0v) is 9.85. The second kappa shape index (κ2) is 2.61. The molecule has 2 saturated carbocycles. The standard InChI is InChI=1S/C14H18O2/c1-7-3-8-5-14(2)10-4-11(16-14)13(12(8)10)9(7)6-15/h3,6-7,9-13H,4-5H2,1-2H3/t7-,9+,10+,11-,12?,13-,14-/m0/s1. The van der Waals surface area contributed by atoms with Gasteiger partial charge in [0.1, 0.15) is 6.29 Å². The van der Waals surface area contributed by atoms with Crippen LogP contribution in [-0.4, -0.2) is 18.0 Å². The molecule has 0 aromatic rings. The maximum absolute atomic E-state index is 11.3. The van der Waals surface area contributed by atoms with Gasteiger partial charge in [-0.25, -0.2) is 0 Å². The van der Waals surface area contributed by atoms with Crippen molar-refractivity contribution in [3.63, 3.8) is 0 Å². The predicted molar refractivity (Wildman–Crippen MR) is 59.8 cm³/mol. The van der Waals surface area contributed by atoms with Crippen LogP contribution in [0.5, 0.6) is 0 Å². The molecule has 1 unspecified atom stereocenters. The Hall–Kier alpha value is -0.630. The van der Waals surface area contributed by atoms with Crippen LogP contribution in [-0.2, 0) is 9.53 Å². The number of carbonyl (C=O) groups is 1. The van der Waals surface area contributed by atoms with Gasteiger partial charge in [0.25, 0.3) is 0 Å². The highest BCUT2D eigenvalue weighted by atomic mass is 16.5. The van der Waals surface area contributed by atoms with E-state index in [-0.39, 0.29) is 11.5 Å². The van der Waals surface area contributed by atoms with Crippen molar-refractivity contribution in [1.29, 1.82) is 0 Å². The highest BCUT2D eigenvalue weighted by Gasteiger charge is 2.67. The first kappa shape index (κ1) is 9.41. The summed E-state index contributed by atoms with van der Waals surface area (Å²) in [5, 5.41) is 0. The van der Waals surface area contributed by atoms with Gasteiger partial charge < -0.3 is 9.53 Å². The fourth-order valence-corrected chi connectivity index (χ4v) is 5.12. The van der Waals surface area contributed by atoms with E-state index in [4.69, 9.17) is 4.74 Å². The zero-order chi connectivity index (χ0) is 11.1. The second-order valence-corrected chi connectivity index (χ2v) is 6.41. The van der Waals surface area contributed by atoms with E-state index in [1.807, 2.05) is 0 Å². The van der Waals surface area contributed by atoms with Crippen molar-refractivity contribution >= 4 is 6.29 Å². The second-order valence-electron chi connectivity index (χ2n) is 6.41. The molecule has 0 spiro atoms. The largest absolute Gasteiger partial charge is 0.371 e. The van der Waals surface area contributed by atoms with E-state index >= 15 is 0 Å². The van der Waals surface area contributed by atoms with Crippen LogP contribution in [0.3, 0.4) is 0 Å². The van der Waals surface area contributed by atoms with Crippen LogP contribution in [0.15, 0.2) is 11.6 Å². The Balaban J connectivity index is 1.87. The third-order valence-electron chi connectivity index (χ3n) is 5.64. The van der Waals surface area contributed by atoms with E-state index in [0.717, 1.165) is 6.42 Å². The van der Waals surface area contributed by atoms with Gasteiger partial charge in [0.15, 0.2) is 0 Å². The third kappa shape index (κ3) is 0.839. The van der Waals surface area contributed by atoms with Gasteiger partial charge in [-0.1, -0.05) is 18.6 Å². The van der Waals surface area contributed by atoms with E-state index in [1.54, 1.807) is 5.57 Å². The molecule has 7 atom stereocenters. The summed E-state index contributed by atoms with van der Waals surface area (Å²) in [5.41, 5.74) is 1.71. The molecular weight excluding hydrogens is 200 g/mol. The van der Waals surface area contributed by atoms with Crippen LogP contribution in [0.1, 0.15) is 26.7 Å². The van der Waals surface area contributed by atoms with Crippen LogP contribution in [0.2, 0.25) is 0 Å². The van der Waals surface area contributed by atoms with E-state index in [0.29, 0.717) is 29.8 Å². The van der Waals surface area contributed by atoms with Crippen LogP contribution in [0, 0.1) is 29.6 Å². The molecule has 3 aliphatic carbocycles. The quantitative estimate of drug-likeness (QED) is 0.498.